The molecule has 1 aliphatic rings. The number of ether oxygens (including phenoxy) is 2. The zero-order valence-corrected chi connectivity index (χ0v) is 11.5. The fourth-order valence-electron chi connectivity index (χ4n) is 2.31. The molecule has 1 N–H and O–H groups in total. The fourth-order valence-corrected chi connectivity index (χ4v) is 2.31. The number of carbonyl (C=O) groups is 1. The van der Waals surface area contributed by atoms with E-state index < -0.39 is 0 Å². The van der Waals surface area contributed by atoms with Crippen LogP contribution in [0.15, 0.2) is 24.3 Å². The summed E-state index contributed by atoms with van der Waals surface area (Å²) in [5.41, 5.74) is 1.09. The van der Waals surface area contributed by atoms with Crippen molar-refractivity contribution in [3.05, 3.63) is 29.8 Å². The Bertz CT molecular complexity index is 410. The highest BCUT2D eigenvalue weighted by molar-refractivity contribution is 5.81. The van der Waals surface area contributed by atoms with Crippen molar-refractivity contribution >= 4 is 5.91 Å². The molecule has 1 amide bonds. The summed E-state index contributed by atoms with van der Waals surface area (Å²) in [7, 11) is 1.64. The topological polar surface area (TPSA) is 47.6 Å². The van der Waals surface area contributed by atoms with Gasteiger partial charge in [-0.2, -0.15) is 0 Å². The SMILES string of the molecule is CC[C@H](NC(=O)[C@@H]1CCCO1)c1ccc(OC)cc1. The molecule has 1 saturated heterocycles. The molecule has 104 valence electrons. The van der Waals surface area contributed by atoms with E-state index in [0.717, 1.165) is 30.6 Å². The number of amides is 1. The molecule has 0 unspecified atom stereocenters. The molecule has 1 aromatic carbocycles. The summed E-state index contributed by atoms with van der Waals surface area (Å²) in [6.45, 7) is 2.75. The van der Waals surface area contributed by atoms with Gasteiger partial charge in [0.1, 0.15) is 11.9 Å². The Balaban J connectivity index is 2.00. The van der Waals surface area contributed by atoms with E-state index in [4.69, 9.17) is 9.47 Å². The first kappa shape index (κ1) is 13.9. The molecule has 0 aliphatic carbocycles. The van der Waals surface area contributed by atoms with E-state index in [9.17, 15) is 4.79 Å². The zero-order chi connectivity index (χ0) is 13.7. The largest absolute Gasteiger partial charge is 0.497 e. The minimum absolute atomic E-state index is 0.000156. The van der Waals surface area contributed by atoms with Crippen LogP contribution in [0.25, 0.3) is 0 Å². The van der Waals surface area contributed by atoms with Crippen molar-refractivity contribution < 1.29 is 14.3 Å². The molecule has 19 heavy (non-hydrogen) atoms. The molecule has 1 aromatic rings. The Kier molecular flexibility index (Phi) is 4.80. The summed E-state index contributed by atoms with van der Waals surface area (Å²) in [5.74, 6) is 0.823. The van der Waals surface area contributed by atoms with Gasteiger partial charge in [-0.15, -0.1) is 0 Å². The van der Waals surface area contributed by atoms with Gasteiger partial charge in [0.25, 0.3) is 0 Å². The molecule has 0 spiro atoms. The van der Waals surface area contributed by atoms with E-state index in [1.807, 2.05) is 24.3 Å². The first-order valence-electron chi connectivity index (χ1n) is 6.80. The van der Waals surface area contributed by atoms with Gasteiger partial charge in [0.15, 0.2) is 0 Å². The van der Waals surface area contributed by atoms with Gasteiger partial charge in [-0.05, 0) is 37.0 Å². The second-order valence-electron chi connectivity index (χ2n) is 4.74. The molecule has 0 saturated carbocycles. The second-order valence-corrected chi connectivity index (χ2v) is 4.74. The molecule has 4 nitrogen and oxygen atoms in total. The van der Waals surface area contributed by atoms with E-state index in [1.165, 1.54) is 0 Å². The molecule has 1 heterocycles. The quantitative estimate of drug-likeness (QED) is 0.887. The molecular formula is C15H21NO3. The number of benzene rings is 1. The van der Waals surface area contributed by atoms with Crippen LogP contribution < -0.4 is 10.1 Å². The summed E-state index contributed by atoms with van der Waals surface area (Å²) in [4.78, 5) is 12.1. The minimum atomic E-state index is -0.271. The van der Waals surface area contributed by atoms with Crippen LogP contribution in [0.3, 0.4) is 0 Å². The zero-order valence-electron chi connectivity index (χ0n) is 11.5. The van der Waals surface area contributed by atoms with Gasteiger partial charge >= 0.3 is 0 Å². The summed E-state index contributed by atoms with van der Waals surface area (Å²) >= 11 is 0. The molecule has 2 atom stereocenters. The molecular weight excluding hydrogens is 242 g/mol. The summed E-state index contributed by atoms with van der Waals surface area (Å²) in [6, 6.07) is 7.83. The maximum Gasteiger partial charge on any atom is 0.249 e. The average molecular weight is 263 g/mol. The van der Waals surface area contributed by atoms with Crippen LogP contribution in [0.5, 0.6) is 5.75 Å². The molecule has 0 radical (unpaired) electrons. The van der Waals surface area contributed by atoms with E-state index in [1.54, 1.807) is 7.11 Å². The van der Waals surface area contributed by atoms with Crippen LogP contribution in [-0.2, 0) is 9.53 Å². The number of methoxy groups -OCH3 is 1. The predicted molar refractivity (Wildman–Crippen MR) is 73.1 cm³/mol. The highest BCUT2D eigenvalue weighted by atomic mass is 16.5. The third-order valence-electron chi connectivity index (χ3n) is 3.47. The Morgan fingerprint density at radius 2 is 2.21 bits per heavy atom. The van der Waals surface area contributed by atoms with Crippen LogP contribution in [-0.4, -0.2) is 25.7 Å². The summed E-state index contributed by atoms with van der Waals surface area (Å²) in [6.07, 6.45) is 2.37. The van der Waals surface area contributed by atoms with Crippen molar-refractivity contribution in [1.82, 2.24) is 5.32 Å². The predicted octanol–water partition coefficient (Wildman–Crippen LogP) is 2.44. The average Bonchev–Trinajstić information content (AvgIpc) is 2.99. The Labute approximate surface area is 114 Å². The summed E-state index contributed by atoms with van der Waals surface area (Å²) < 4.78 is 10.5. The minimum Gasteiger partial charge on any atom is -0.497 e. The first-order chi connectivity index (χ1) is 9.24. The van der Waals surface area contributed by atoms with Gasteiger partial charge in [-0.1, -0.05) is 19.1 Å². The van der Waals surface area contributed by atoms with Crippen LogP contribution in [0, 0.1) is 0 Å². The first-order valence-corrected chi connectivity index (χ1v) is 6.80. The Morgan fingerprint density at radius 3 is 2.74 bits per heavy atom. The smallest absolute Gasteiger partial charge is 0.249 e. The van der Waals surface area contributed by atoms with Crippen LogP contribution in [0.2, 0.25) is 0 Å². The van der Waals surface area contributed by atoms with E-state index in [2.05, 4.69) is 12.2 Å². The molecule has 1 aliphatic heterocycles. The number of hydrogen-bond donors (Lipinski definition) is 1. The van der Waals surface area contributed by atoms with E-state index in [-0.39, 0.29) is 18.1 Å². The number of rotatable bonds is 5. The van der Waals surface area contributed by atoms with Crippen molar-refractivity contribution in [3.8, 4) is 5.75 Å². The van der Waals surface area contributed by atoms with Gasteiger partial charge in [0.05, 0.1) is 13.2 Å². The monoisotopic (exact) mass is 263 g/mol. The van der Waals surface area contributed by atoms with Crippen molar-refractivity contribution in [1.29, 1.82) is 0 Å². The van der Waals surface area contributed by atoms with Crippen molar-refractivity contribution in [3.63, 3.8) is 0 Å². The van der Waals surface area contributed by atoms with Gasteiger partial charge in [-0.25, -0.2) is 0 Å². The van der Waals surface area contributed by atoms with E-state index in [0.29, 0.717) is 6.61 Å². The Hall–Kier alpha value is -1.55. The van der Waals surface area contributed by atoms with Crippen LogP contribution in [0.1, 0.15) is 37.8 Å². The molecule has 1 fully saturated rings. The molecule has 4 heteroatoms. The standard InChI is InChI=1S/C15H21NO3/c1-3-13(11-6-8-12(18-2)9-7-11)16-15(17)14-5-4-10-19-14/h6-9,13-14H,3-5,10H2,1-2H3,(H,16,17)/t13-,14-/m0/s1. The number of carbonyl (C=O) groups excluding carboxylic acids is 1. The van der Waals surface area contributed by atoms with Crippen molar-refractivity contribution in [2.45, 2.75) is 38.3 Å². The summed E-state index contributed by atoms with van der Waals surface area (Å²) in [5, 5.41) is 3.06. The van der Waals surface area contributed by atoms with Crippen LogP contribution in [0.4, 0.5) is 0 Å². The normalized spacial score (nSPS) is 20.0. The van der Waals surface area contributed by atoms with Gasteiger partial charge in [0, 0.05) is 6.61 Å². The highest BCUT2D eigenvalue weighted by Gasteiger charge is 2.25. The maximum absolute atomic E-state index is 12.1. The molecule has 0 bridgehead atoms. The third-order valence-corrected chi connectivity index (χ3v) is 3.47. The fraction of sp³-hybridized carbons (Fsp3) is 0.533. The third kappa shape index (κ3) is 3.47. The van der Waals surface area contributed by atoms with Gasteiger partial charge < -0.3 is 14.8 Å². The van der Waals surface area contributed by atoms with Crippen molar-refractivity contribution in [2.24, 2.45) is 0 Å². The lowest BCUT2D eigenvalue weighted by Crippen LogP contribution is -2.36. The number of nitrogens with one attached hydrogen (secondary N) is 1. The molecule has 0 aromatic heterocycles. The number of hydrogen-bond acceptors (Lipinski definition) is 3. The Morgan fingerprint density at radius 1 is 1.47 bits per heavy atom. The second kappa shape index (κ2) is 6.57. The van der Waals surface area contributed by atoms with E-state index >= 15 is 0 Å². The van der Waals surface area contributed by atoms with Crippen molar-refractivity contribution in [2.75, 3.05) is 13.7 Å². The van der Waals surface area contributed by atoms with Crippen LogP contribution >= 0.6 is 0 Å². The molecule has 2 rings (SSSR count). The van der Waals surface area contributed by atoms with Gasteiger partial charge in [0.2, 0.25) is 5.91 Å². The highest BCUT2D eigenvalue weighted by Crippen LogP contribution is 2.21. The lowest BCUT2D eigenvalue weighted by Gasteiger charge is -2.20. The van der Waals surface area contributed by atoms with Gasteiger partial charge in [-0.3, -0.25) is 4.79 Å². The lowest BCUT2D eigenvalue weighted by molar-refractivity contribution is -0.130. The maximum atomic E-state index is 12.1. The lowest BCUT2D eigenvalue weighted by atomic mass is 10.0.